The van der Waals surface area contributed by atoms with Gasteiger partial charge in [0.25, 0.3) is 0 Å². The summed E-state index contributed by atoms with van der Waals surface area (Å²) in [6.45, 7) is 14.5. The van der Waals surface area contributed by atoms with Gasteiger partial charge in [-0.05, 0) is 24.6 Å². The van der Waals surface area contributed by atoms with Gasteiger partial charge < -0.3 is 25.0 Å². The lowest BCUT2D eigenvalue weighted by atomic mass is 9.89. The molecular weight excluding hydrogens is 426 g/mol. The second kappa shape index (κ2) is 9.35. The van der Waals surface area contributed by atoms with Crippen molar-refractivity contribution in [3.05, 3.63) is 64.7 Å². The van der Waals surface area contributed by atoms with E-state index in [1.807, 2.05) is 19.1 Å². The van der Waals surface area contributed by atoms with Crippen LogP contribution in [0.15, 0.2) is 42.9 Å². The van der Waals surface area contributed by atoms with E-state index in [0.29, 0.717) is 23.9 Å². The topological polar surface area (TPSA) is 73.8 Å². The molecule has 0 aliphatic carbocycles. The molecule has 0 saturated carbocycles. The highest BCUT2D eigenvalue weighted by molar-refractivity contribution is 6.30. The van der Waals surface area contributed by atoms with Crippen molar-refractivity contribution < 1.29 is 9.84 Å². The van der Waals surface area contributed by atoms with E-state index >= 15 is 0 Å². The maximum absolute atomic E-state index is 11.8. The summed E-state index contributed by atoms with van der Waals surface area (Å²) in [4.78, 5) is 13.4. The summed E-state index contributed by atoms with van der Waals surface area (Å²) in [5.74, 6) is 0.958. The van der Waals surface area contributed by atoms with Gasteiger partial charge in [-0.1, -0.05) is 44.2 Å². The summed E-state index contributed by atoms with van der Waals surface area (Å²) < 4.78 is 5.76. The van der Waals surface area contributed by atoms with E-state index in [9.17, 15) is 5.11 Å². The van der Waals surface area contributed by atoms with Crippen LogP contribution in [0.5, 0.6) is 0 Å². The molecule has 3 heterocycles. The molecule has 1 aromatic carbocycles. The second-order valence-electron chi connectivity index (χ2n) is 8.83. The fraction of sp³-hybridized carbons (Fsp3) is 0.500. The molecule has 2 N–H and O–H groups in total. The van der Waals surface area contributed by atoms with Gasteiger partial charge in [-0.3, -0.25) is 0 Å². The maximum atomic E-state index is 11.8. The van der Waals surface area contributed by atoms with Crippen LogP contribution in [0.2, 0.25) is 5.02 Å². The Morgan fingerprint density at radius 1 is 1.25 bits per heavy atom. The van der Waals surface area contributed by atoms with Gasteiger partial charge in [-0.2, -0.15) is 0 Å². The van der Waals surface area contributed by atoms with Crippen LogP contribution in [0, 0.1) is 0 Å². The summed E-state index contributed by atoms with van der Waals surface area (Å²) in [5, 5.41) is 15.8. The van der Waals surface area contributed by atoms with Crippen LogP contribution in [0.3, 0.4) is 0 Å². The maximum Gasteiger partial charge on any atom is 0.141 e. The number of fused-ring (bicyclic) bond motifs is 1. The Bertz CT molecular complexity index is 959. The van der Waals surface area contributed by atoms with Gasteiger partial charge in [0.15, 0.2) is 0 Å². The normalized spacial score (nSPS) is 20.4. The number of hydrogen-bond donors (Lipinski definition) is 2. The Labute approximate surface area is 195 Å². The third-order valence-electron chi connectivity index (χ3n) is 6.35. The van der Waals surface area contributed by atoms with Crippen molar-refractivity contribution in [1.29, 1.82) is 0 Å². The number of nitrogens with zero attached hydrogens (tertiary/aromatic N) is 4. The third-order valence-corrected chi connectivity index (χ3v) is 6.60. The van der Waals surface area contributed by atoms with E-state index in [4.69, 9.17) is 16.3 Å². The zero-order chi connectivity index (χ0) is 22.9. The first-order valence-electron chi connectivity index (χ1n) is 11.2. The highest BCUT2D eigenvalue weighted by Gasteiger charge is 2.37. The smallest absolute Gasteiger partial charge is 0.141 e. The Morgan fingerprint density at radius 3 is 2.59 bits per heavy atom. The Morgan fingerprint density at radius 2 is 1.94 bits per heavy atom. The molecule has 2 aromatic rings. The average Bonchev–Trinajstić information content (AvgIpc) is 3.18. The van der Waals surface area contributed by atoms with Crippen molar-refractivity contribution in [2.45, 2.75) is 45.1 Å². The lowest BCUT2D eigenvalue weighted by molar-refractivity contribution is 0.0403. The zero-order valence-corrected chi connectivity index (χ0v) is 19.8. The van der Waals surface area contributed by atoms with Crippen molar-refractivity contribution in [3.8, 4) is 0 Å². The zero-order valence-electron chi connectivity index (χ0n) is 19.0. The molecule has 1 aromatic heterocycles. The molecule has 1 fully saturated rings. The number of ether oxygens (including phenoxy) is 1. The van der Waals surface area contributed by atoms with Gasteiger partial charge in [-0.25, -0.2) is 9.97 Å². The number of nitrogens with one attached hydrogen (secondary N) is 1. The van der Waals surface area contributed by atoms with Crippen LogP contribution in [-0.2, 0) is 16.9 Å². The standard InChI is InChI=1S/C24H32ClN5O2/c1-16(2)26-14-24(31,19-5-7-20(25)8-6-19)18(4)29-9-11-30(12-10-29)23-22-17(3)32-13-21(22)27-15-28-23/h5-8,15-17,26,31H,4,9-14H2,1-3H3/t17-,24?/m0/s1. The van der Waals surface area contributed by atoms with E-state index in [0.717, 1.165) is 48.8 Å². The summed E-state index contributed by atoms with van der Waals surface area (Å²) in [7, 11) is 0. The highest BCUT2D eigenvalue weighted by atomic mass is 35.5. The van der Waals surface area contributed by atoms with Crippen LogP contribution < -0.4 is 10.2 Å². The van der Waals surface area contributed by atoms with Crippen LogP contribution >= 0.6 is 11.6 Å². The van der Waals surface area contributed by atoms with Crippen molar-refractivity contribution in [2.24, 2.45) is 0 Å². The molecule has 2 aliphatic heterocycles. The van der Waals surface area contributed by atoms with Crippen LogP contribution in [-0.4, -0.2) is 58.7 Å². The fourth-order valence-electron chi connectivity index (χ4n) is 4.39. The molecule has 0 spiro atoms. The number of anilines is 1. The number of aliphatic hydroxyl groups is 1. The van der Waals surface area contributed by atoms with Crippen LogP contribution in [0.25, 0.3) is 0 Å². The minimum absolute atomic E-state index is 0.00583. The first kappa shape index (κ1) is 23.0. The highest BCUT2D eigenvalue weighted by Crippen LogP contribution is 2.36. The molecule has 1 saturated heterocycles. The van der Waals surface area contributed by atoms with Crippen LogP contribution in [0.4, 0.5) is 5.82 Å². The number of rotatable bonds is 7. The predicted molar refractivity (Wildman–Crippen MR) is 127 cm³/mol. The summed E-state index contributed by atoms with van der Waals surface area (Å²) in [6.07, 6.45) is 1.63. The largest absolute Gasteiger partial charge is 0.378 e. The van der Waals surface area contributed by atoms with E-state index in [-0.39, 0.29) is 12.1 Å². The van der Waals surface area contributed by atoms with Crippen LogP contribution in [0.1, 0.15) is 43.7 Å². The number of halogens is 1. The van der Waals surface area contributed by atoms with Gasteiger partial charge in [0.2, 0.25) is 0 Å². The van der Waals surface area contributed by atoms with Gasteiger partial charge in [0, 0.05) is 55.0 Å². The average molecular weight is 458 g/mol. The quantitative estimate of drug-likeness (QED) is 0.661. The number of hydrogen-bond acceptors (Lipinski definition) is 7. The number of aromatic nitrogens is 2. The predicted octanol–water partition coefficient (Wildman–Crippen LogP) is 3.24. The van der Waals surface area contributed by atoms with Crippen molar-refractivity contribution in [2.75, 3.05) is 37.6 Å². The first-order valence-corrected chi connectivity index (χ1v) is 11.5. The number of piperazine rings is 1. The number of benzene rings is 1. The molecule has 172 valence electrons. The minimum atomic E-state index is -1.23. The molecule has 0 amide bonds. The van der Waals surface area contributed by atoms with E-state index in [1.54, 1.807) is 18.5 Å². The summed E-state index contributed by atoms with van der Waals surface area (Å²) in [5.41, 5.74) is 2.32. The lowest BCUT2D eigenvalue weighted by Gasteiger charge is -2.43. The third kappa shape index (κ3) is 4.48. The Hall–Kier alpha value is -2.19. The lowest BCUT2D eigenvalue weighted by Crippen LogP contribution is -2.52. The van der Waals surface area contributed by atoms with Crippen molar-refractivity contribution in [3.63, 3.8) is 0 Å². The molecule has 2 atom stereocenters. The van der Waals surface area contributed by atoms with Gasteiger partial charge in [-0.15, -0.1) is 0 Å². The molecule has 0 radical (unpaired) electrons. The molecule has 2 aliphatic rings. The minimum Gasteiger partial charge on any atom is -0.378 e. The summed E-state index contributed by atoms with van der Waals surface area (Å²) >= 11 is 6.09. The fourth-order valence-corrected chi connectivity index (χ4v) is 4.52. The van der Waals surface area contributed by atoms with E-state index < -0.39 is 5.60 Å². The molecule has 1 unspecified atom stereocenters. The Balaban J connectivity index is 1.51. The van der Waals surface area contributed by atoms with Gasteiger partial charge in [0.1, 0.15) is 17.7 Å². The molecule has 7 nitrogen and oxygen atoms in total. The van der Waals surface area contributed by atoms with Gasteiger partial charge in [0.05, 0.1) is 18.4 Å². The van der Waals surface area contributed by atoms with Gasteiger partial charge >= 0.3 is 0 Å². The monoisotopic (exact) mass is 457 g/mol. The van der Waals surface area contributed by atoms with Crippen molar-refractivity contribution in [1.82, 2.24) is 20.2 Å². The molecular formula is C24H32ClN5O2. The summed E-state index contributed by atoms with van der Waals surface area (Å²) in [6, 6.07) is 7.60. The molecule has 0 bridgehead atoms. The second-order valence-corrected chi connectivity index (χ2v) is 9.27. The first-order chi connectivity index (χ1) is 15.3. The molecule has 4 rings (SSSR count). The Kier molecular flexibility index (Phi) is 6.72. The van der Waals surface area contributed by atoms with E-state index in [2.05, 4.69) is 45.5 Å². The molecule has 8 heteroatoms. The van der Waals surface area contributed by atoms with E-state index in [1.165, 1.54) is 0 Å². The van der Waals surface area contributed by atoms with Crippen molar-refractivity contribution >= 4 is 17.4 Å². The SMILES string of the molecule is C=C(N1CCN(c2ncnc3c2[C@H](C)OC3)CC1)C(O)(CNC(C)C)c1ccc(Cl)cc1. The molecule has 32 heavy (non-hydrogen) atoms.